The molecule has 2 heterocycles. The summed E-state index contributed by atoms with van der Waals surface area (Å²) in [6.07, 6.45) is 2.99. The van der Waals surface area contributed by atoms with Crippen molar-refractivity contribution in [1.82, 2.24) is 4.98 Å². The van der Waals surface area contributed by atoms with Gasteiger partial charge in [0.05, 0.1) is 11.5 Å². The number of nitrogens with one attached hydrogen (secondary N) is 3. The van der Waals surface area contributed by atoms with Crippen LogP contribution in [-0.4, -0.2) is 22.7 Å². The third kappa shape index (κ3) is 4.17. The minimum absolute atomic E-state index is 0.0398. The van der Waals surface area contributed by atoms with Crippen LogP contribution in [0.3, 0.4) is 0 Å². The van der Waals surface area contributed by atoms with E-state index in [-0.39, 0.29) is 18.2 Å². The SMILES string of the molecule is O=C1CC(C(=O)Nc2cccc(NC(=O)c3cccnc3)c2)c2ccc(F)cc2N1. The second-order valence-electron chi connectivity index (χ2n) is 6.80. The Morgan fingerprint density at radius 1 is 1.03 bits per heavy atom. The lowest BCUT2D eigenvalue weighted by molar-refractivity contribution is -0.123. The lowest BCUT2D eigenvalue weighted by Gasteiger charge is -2.25. The molecular formula is C22H17FN4O3. The highest BCUT2D eigenvalue weighted by atomic mass is 19.1. The number of nitrogens with zero attached hydrogens (tertiary/aromatic N) is 1. The number of amides is 3. The van der Waals surface area contributed by atoms with E-state index in [1.54, 1.807) is 42.6 Å². The van der Waals surface area contributed by atoms with E-state index >= 15 is 0 Å². The molecule has 3 aromatic rings. The fourth-order valence-electron chi connectivity index (χ4n) is 3.28. The van der Waals surface area contributed by atoms with Crippen LogP contribution in [0.15, 0.2) is 67.0 Å². The predicted octanol–water partition coefficient (Wildman–Crippen LogP) is 3.54. The van der Waals surface area contributed by atoms with Crippen LogP contribution in [0.25, 0.3) is 0 Å². The highest BCUT2D eigenvalue weighted by Crippen LogP contribution is 2.33. The molecule has 0 bridgehead atoms. The number of aromatic nitrogens is 1. The molecular weight excluding hydrogens is 387 g/mol. The van der Waals surface area contributed by atoms with Gasteiger partial charge in [-0.25, -0.2) is 4.39 Å². The summed E-state index contributed by atoms with van der Waals surface area (Å²) >= 11 is 0. The summed E-state index contributed by atoms with van der Waals surface area (Å²) in [6, 6.07) is 13.9. The van der Waals surface area contributed by atoms with Crippen molar-refractivity contribution < 1.29 is 18.8 Å². The van der Waals surface area contributed by atoms with Gasteiger partial charge in [0, 0.05) is 35.9 Å². The number of benzene rings is 2. The number of carbonyl (C=O) groups excluding carboxylic acids is 3. The molecule has 1 unspecified atom stereocenters. The zero-order chi connectivity index (χ0) is 21.1. The number of carbonyl (C=O) groups is 3. The van der Waals surface area contributed by atoms with Gasteiger partial charge in [-0.3, -0.25) is 19.4 Å². The molecule has 0 radical (unpaired) electrons. The number of hydrogen-bond donors (Lipinski definition) is 3. The normalized spacial score (nSPS) is 15.0. The van der Waals surface area contributed by atoms with E-state index < -0.39 is 17.6 Å². The Labute approximate surface area is 171 Å². The van der Waals surface area contributed by atoms with Gasteiger partial charge >= 0.3 is 0 Å². The van der Waals surface area contributed by atoms with Crippen molar-refractivity contribution in [2.45, 2.75) is 12.3 Å². The van der Waals surface area contributed by atoms with Gasteiger partial charge in [-0.05, 0) is 48.0 Å². The Hall–Kier alpha value is -4.07. The second-order valence-corrected chi connectivity index (χ2v) is 6.80. The molecule has 4 rings (SSSR count). The molecule has 8 heteroatoms. The van der Waals surface area contributed by atoms with Gasteiger partial charge in [0.1, 0.15) is 5.82 Å². The summed E-state index contributed by atoms with van der Waals surface area (Å²) in [4.78, 5) is 41.0. The second kappa shape index (κ2) is 8.12. The Balaban J connectivity index is 1.50. The first-order valence-electron chi connectivity index (χ1n) is 9.21. The van der Waals surface area contributed by atoms with Crippen LogP contribution in [0, 0.1) is 5.82 Å². The number of hydrogen-bond acceptors (Lipinski definition) is 4. The first kappa shape index (κ1) is 19.3. The molecule has 1 aliphatic rings. The fraction of sp³-hybridized carbons (Fsp3) is 0.0909. The molecule has 3 N–H and O–H groups in total. The molecule has 0 spiro atoms. The number of anilines is 3. The molecule has 0 aliphatic carbocycles. The summed E-state index contributed by atoms with van der Waals surface area (Å²) < 4.78 is 13.5. The maximum absolute atomic E-state index is 13.5. The van der Waals surface area contributed by atoms with Crippen molar-refractivity contribution in [3.63, 3.8) is 0 Å². The van der Waals surface area contributed by atoms with Crippen LogP contribution < -0.4 is 16.0 Å². The van der Waals surface area contributed by atoms with Gasteiger partial charge in [-0.15, -0.1) is 0 Å². The molecule has 0 fully saturated rings. The Kier molecular flexibility index (Phi) is 5.21. The first-order chi connectivity index (χ1) is 14.5. The van der Waals surface area contributed by atoms with Gasteiger partial charge in [0.25, 0.3) is 5.91 Å². The predicted molar refractivity (Wildman–Crippen MR) is 110 cm³/mol. The van der Waals surface area contributed by atoms with Crippen LogP contribution in [0.2, 0.25) is 0 Å². The average Bonchev–Trinajstić information content (AvgIpc) is 2.73. The first-order valence-corrected chi connectivity index (χ1v) is 9.21. The van der Waals surface area contributed by atoms with Crippen molar-refractivity contribution in [2.24, 2.45) is 0 Å². The van der Waals surface area contributed by atoms with Crippen LogP contribution in [0.1, 0.15) is 28.3 Å². The monoisotopic (exact) mass is 404 g/mol. The lowest BCUT2D eigenvalue weighted by Crippen LogP contribution is -2.30. The van der Waals surface area contributed by atoms with Crippen molar-refractivity contribution in [3.8, 4) is 0 Å². The molecule has 30 heavy (non-hydrogen) atoms. The maximum Gasteiger partial charge on any atom is 0.257 e. The number of halogens is 1. The molecule has 7 nitrogen and oxygen atoms in total. The van der Waals surface area contributed by atoms with Gasteiger partial charge in [0.15, 0.2) is 0 Å². The highest BCUT2D eigenvalue weighted by molar-refractivity contribution is 6.06. The van der Waals surface area contributed by atoms with E-state index in [1.807, 2.05) is 0 Å². The van der Waals surface area contributed by atoms with Crippen molar-refractivity contribution in [3.05, 3.63) is 83.9 Å². The van der Waals surface area contributed by atoms with Crippen LogP contribution >= 0.6 is 0 Å². The minimum atomic E-state index is -0.747. The summed E-state index contributed by atoms with van der Waals surface area (Å²) in [5.41, 5.74) is 2.20. The highest BCUT2D eigenvalue weighted by Gasteiger charge is 2.31. The van der Waals surface area contributed by atoms with E-state index in [1.165, 1.54) is 24.4 Å². The Morgan fingerprint density at radius 2 is 1.83 bits per heavy atom. The summed E-state index contributed by atoms with van der Waals surface area (Å²) in [5.74, 6) is -2.32. The Bertz CT molecular complexity index is 1130. The molecule has 1 aromatic heterocycles. The maximum atomic E-state index is 13.5. The third-order valence-corrected chi connectivity index (χ3v) is 4.68. The zero-order valence-corrected chi connectivity index (χ0v) is 15.7. The molecule has 1 aliphatic heterocycles. The number of rotatable bonds is 4. The van der Waals surface area contributed by atoms with Crippen LogP contribution in [0.5, 0.6) is 0 Å². The molecule has 0 saturated heterocycles. The van der Waals surface area contributed by atoms with E-state index in [0.29, 0.717) is 28.2 Å². The summed E-state index contributed by atoms with van der Waals surface area (Å²) in [5, 5.41) is 8.09. The van der Waals surface area contributed by atoms with Gasteiger partial charge < -0.3 is 16.0 Å². The lowest BCUT2D eigenvalue weighted by atomic mass is 9.89. The van der Waals surface area contributed by atoms with E-state index in [2.05, 4.69) is 20.9 Å². The summed E-state index contributed by atoms with van der Waals surface area (Å²) in [7, 11) is 0. The number of fused-ring (bicyclic) bond motifs is 1. The van der Waals surface area contributed by atoms with E-state index in [4.69, 9.17) is 0 Å². The van der Waals surface area contributed by atoms with Gasteiger partial charge in [0.2, 0.25) is 11.8 Å². The van der Waals surface area contributed by atoms with Crippen molar-refractivity contribution in [1.29, 1.82) is 0 Å². The molecule has 3 amide bonds. The van der Waals surface area contributed by atoms with Crippen LogP contribution in [-0.2, 0) is 9.59 Å². The van der Waals surface area contributed by atoms with Gasteiger partial charge in [-0.1, -0.05) is 12.1 Å². The molecule has 0 saturated carbocycles. The standard InChI is InChI=1S/C22H17FN4O3/c23-14-6-7-17-18(11-20(28)27-19(17)9-14)22(30)26-16-5-1-4-15(10-16)25-21(29)13-3-2-8-24-12-13/h1-10,12,18H,11H2,(H,25,29)(H,26,30)(H,27,28). The third-order valence-electron chi connectivity index (χ3n) is 4.68. The van der Waals surface area contributed by atoms with Crippen molar-refractivity contribution in [2.75, 3.05) is 16.0 Å². The average molecular weight is 404 g/mol. The van der Waals surface area contributed by atoms with Crippen molar-refractivity contribution >= 4 is 34.8 Å². The number of pyridine rings is 1. The smallest absolute Gasteiger partial charge is 0.257 e. The molecule has 1 atom stereocenters. The molecule has 150 valence electrons. The fourth-order valence-corrected chi connectivity index (χ4v) is 3.28. The zero-order valence-electron chi connectivity index (χ0n) is 15.7. The largest absolute Gasteiger partial charge is 0.326 e. The summed E-state index contributed by atoms with van der Waals surface area (Å²) in [6.45, 7) is 0. The van der Waals surface area contributed by atoms with E-state index in [9.17, 15) is 18.8 Å². The minimum Gasteiger partial charge on any atom is -0.326 e. The molecule has 2 aromatic carbocycles. The van der Waals surface area contributed by atoms with Crippen LogP contribution in [0.4, 0.5) is 21.5 Å². The topological polar surface area (TPSA) is 100 Å². The quantitative estimate of drug-likeness (QED) is 0.619. The van der Waals surface area contributed by atoms with Gasteiger partial charge in [-0.2, -0.15) is 0 Å². The Morgan fingerprint density at radius 3 is 2.60 bits per heavy atom. The van der Waals surface area contributed by atoms with E-state index in [0.717, 1.165) is 0 Å².